The first-order valence-electron chi connectivity index (χ1n) is 3.44. The maximum Gasteiger partial charge on any atom is 0.273 e. The lowest BCUT2D eigenvalue weighted by Crippen LogP contribution is -2.16. The van der Waals surface area contributed by atoms with Crippen molar-refractivity contribution in [1.82, 2.24) is 19.6 Å². The lowest BCUT2D eigenvalue weighted by molar-refractivity contribution is 0.587. The van der Waals surface area contributed by atoms with E-state index in [0.717, 1.165) is 0 Å². The molecule has 0 atom stereocenters. The molecule has 7 nitrogen and oxygen atoms in total. The van der Waals surface area contributed by atoms with Gasteiger partial charge in [-0.3, -0.25) is 5.10 Å². The second kappa shape index (κ2) is 2.83. The third-order valence-corrected chi connectivity index (χ3v) is 2.40. The number of nitrogens with zero attached hydrogens (tertiary/aromatic N) is 3. The number of sulfonamides is 1. The number of hydrogen-bond acceptors (Lipinski definition) is 5. The van der Waals surface area contributed by atoms with Crippen LogP contribution in [0.1, 0.15) is 0 Å². The number of nitrogens with one attached hydrogen (secondary N) is 1. The molecule has 14 heavy (non-hydrogen) atoms. The van der Waals surface area contributed by atoms with Crippen LogP contribution in [-0.4, -0.2) is 28.0 Å². The maximum absolute atomic E-state index is 10.9. The van der Waals surface area contributed by atoms with E-state index in [-0.39, 0.29) is 0 Å². The molecular formula is C5H5N5O2S2. The van der Waals surface area contributed by atoms with Gasteiger partial charge in [-0.25, -0.2) is 23.1 Å². The maximum atomic E-state index is 10.9. The molecule has 0 fully saturated rings. The van der Waals surface area contributed by atoms with Gasteiger partial charge in [0.1, 0.15) is 11.0 Å². The molecule has 0 aliphatic rings. The van der Waals surface area contributed by atoms with Crippen LogP contribution in [0.15, 0.2) is 17.6 Å². The summed E-state index contributed by atoms with van der Waals surface area (Å²) in [6.45, 7) is 0. The van der Waals surface area contributed by atoms with Crippen LogP contribution in [0, 0.1) is 4.64 Å². The fourth-order valence-corrected chi connectivity index (χ4v) is 1.56. The lowest BCUT2D eigenvalue weighted by atomic mass is 10.7. The van der Waals surface area contributed by atoms with Crippen molar-refractivity contribution < 1.29 is 8.42 Å². The summed E-state index contributed by atoms with van der Waals surface area (Å²) in [5, 5.41) is 7.14. The Bertz CT molecular complexity index is 639. The van der Waals surface area contributed by atoms with Crippen molar-refractivity contribution in [3.05, 3.63) is 17.0 Å². The van der Waals surface area contributed by atoms with E-state index < -0.39 is 15.2 Å². The number of aromatic nitrogens is 4. The molecule has 0 amide bonds. The fraction of sp³-hybridized carbons (Fsp3) is 0. The van der Waals surface area contributed by atoms with Crippen LogP contribution in [0.3, 0.4) is 0 Å². The van der Waals surface area contributed by atoms with Crippen molar-refractivity contribution in [3.63, 3.8) is 0 Å². The van der Waals surface area contributed by atoms with E-state index in [4.69, 9.17) is 17.4 Å². The zero-order valence-corrected chi connectivity index (χ0v) is 8.34. The van der Waals surface area contributed by atoms with Gasteiger partial charge in [-0.15, -0.1) is 0 Å². The van der Waals surface area contributed by atoms with Gasteiger partial charge < -0.3 is 0 Å². The van der Waals surface area contributed by atoms with Crippen LogP contribution < -0.4 is 5.14 Å². The predicted molar refractivity (Wildman–Crippen MR) is 49.5 cm³/mol. The van der Waals surface area contributed by atoms with Gasteiger partial charge in [0.05, 0.1) is 0 Å². The molecule has 0 aliphatic carbocycles. The minimum Gasteiger partial charge on any atom is -0.281 e. The molecule has 0 saturated carbocycles. The van der Waals surface area contributed by atoms with Crippen LogP contribution in [0.4, 0.5) is 0 Å². The van der Waals surface area contributed by atoms with E-state index in [1.54, 1.807) is 0 Å². The Kier molecular flexibility index (Phi) is 1.87. The molecule has 2 heterocycles. The minimum absolute atomic E-state index is 0.356. The van der Waals surface area contributed by atoms with Gasteiger partial charge in [0, 0.05) is 6.07 Å². The molecule has 0 bridgehead atoms. The molecule has 2 aromatic rings. The Morgan fingerprint density at radius 1 is 1.57 bits per heavy atom. The molecule has 2 aromatic heterocycles. The summed E-state index contributed by atoms with van der Waals surface area (Å²) in [5.41, 5.74) is 0.356. The highest BCUT2D eigenvalue weighted by atomic mass is 32.2. The second-order valence-electron chi connectivity index (χ2n) is 2.53. The smallest absolute Gasteiger partial charge is 0.273 e. The van der Waals surface area contributed by atoms with Gasteiger partial charge in [-0.1, -0.05) is 12.2 Å². The number of primary sulfonamides is 1. The molecule has 74 valence electrons. The van der Waals surface area contributed by atoms with E-state index in [9.17, 15) is 8.42 Å². The monoisotopic (exact) mass is 231 g/mol. The molecule has 3 N–H and O–H groups in total. The quantitative estimate of drug-likeness (QED) is 0.639. The van der Waals surface area contributed by atoms with Crippen LogP contribution in [0.2, 0.25) is 0 Å². The zero-order chi connectivity index (χ0) is 10.3. The Morgan fingerprint density at radius 3 is 2.93 bits per heavy atom. The van der Waals surface area contributed by atoms with Crippen molar-refractivity contribution in [3.8, 4) is 0 Å². The van der Waals surface area contributed by atoms with Crippen LogP contribution in [-0.2, 0) is 10.0 Å². The van der Waals surface area contributed by atoms with Crippen molar-refractivity contribution >= 4 is 27.9 Å². The lowest BCUT2D eigenvalue weighted by Gasteiger charge is -1.96. The Morgan fingerprint density at radius 2 is 2.29 bits per heavy atom. The Balaban J connectivity index is 2.80. The van der Waals surface area contributed by atoms with E-state index in [1.165, 1.54) is 16.9 Å². The third-order valence-electron chi connectivity index (χ3n) is 1.49. The molecule has 9 heteroatoms. The highest BCUT2D eigenvalue weighted by Crippen LogP contribution is 2.02. The molecule has 0 aliphatic heterocycles. The summed E-state index contributed by atoms with van der Waals surface area (Å²) in [6, 6.07) is 1.51. The van der Waals surface area contributed by atoms with E-state index in [2.05, 4.69) is 15.1 Å². The molecule has 0 saturated heterocycles. The van der Waals surface area contributed by atoms with Crippen molar-refractivity contribution in [1.29, 1.82) is 0 Å². The fourth-order valence-electron chi connectivity index (χ4n) is 0.940. The first kappa shape index (κ1) is 9.24. The average molecular weight is 231 g/mol. The average Bonchev–Trinajstić information content (AvgIpc) is 2.41. The first-order chi connectivity index (χ1) is 6.47. The van der Waals surface area contributed by atoms with Crippen LogP contribution >= 0.6 is 12.2 Å². The standard InChI is InChI=1S/C5H5N5O2S2/c6-14(11,12)5-7-2-10-3(8-5)1-4(13)9-10/h1-2H,(H,9,13)(H2,6,11,12). The number of aromatic amines is 1. The largest absolute Gasteiger partial charge is 0.281 e. The first-order valence-corrected chi connectivity index (χ1v) is 5.39. The molecule has 0 radical (unpaired) electrons. The normalized spacial score (nSPS) is 12.1. The number of H-pyrrole nitrogens is 1. The van der Waals surface area contributed by atoms with Crippen molar-refractivity contribution in [2.45, 2.75) is 5.16 Å². The van der Waals surface area contributed by atoms with E-state index in [1.807, 2.05) is 0 Å². The molecule has 2 rings (SSSR count). The summed E-state index contributed by atoms with van der Waals surface area (Å²) in [7, 11) is -3.87. The third kappa shape index (κ3) is 1.52. The Hall–Kier alpha value is -1.32. The summed E-state index contributed by atoms with van der Waals surface area (Å²) in [6.07, 6.45) is 1.25. The SMILES string of the molecule is NS(=O)(=O)c1ncn2[nH]c(=S)cc2n1. The molecule has 0 aromatic carbocycles. The highest BCUT2D eigenvalue weighted by molar-refractivity contribution is 7.89. The molecule has 0 unspecified atom stereocenters. The minimum atomic E-state index is -3.87. The van der Waals surface area contributed by atoms with Crippen LogP contribution in [0.25, 0.3) is 5.65 Å². The Labute approximate surface area is 83.6 Å². The van der Waals surface area contributed by atoms with Gasteiger partial charge in [0.15, 0.2) is 5.65 Å². The van der Waals surface area contributed by atoms with Gasteiger partial charge in [-0.2, -0.15) is 4.98 Å². The van der Waals surface area contributed by atoms with Crippen molar-refractivity contribution in [2.24, 2.45) is 5.14 Å². The zero-order valence-electron chi connectivity index (χ0n) is 6.71. The topological polar surface area (TPSA) is 106 Å². The number of nitrogens with two attached hydrogens (primary N) is 1. The molecule has 0 spiro atoms. The number of rotatable bonds is 1. The second-order valence-corrected chi connectivity index (χ2v) is 4.43. The summed E-state index contributed by atoms with van der Waals surface area (Å²) >= 11 is 4.82. The number of hydrogen-bond donors (Lipinski definition) is 2. The van der Waals surface area contributed by atoms with Gasteiger partial charge in [0.2, 0.25) is 0 Å². The van der Waals surface area contributed by atoms with Gasteiger partial charge >= 0.3 is 0 Å². The van der Waals surface area contributed by atoms with Gasteiger partial charge in [0.25, 0.3) is 15.2 Å². The van der Waals surface area contributed by atoms with Crippen molar-refractivity contribution in [2.75, 3.05) is 0 Å². The number of fused-ring (bicyclic) bond motifs is 1. The van der Waals surface area contributed by atoms with E-state index in [0.29, 0.717) is 10.3 Å². The molecular weight excluding hydrogens is 226 g/mol. The highest BCUT2D eigenvalue weighted by Gasteiger charge is 2.12. The van der Waals surface area contributed by atoms with Crippen LogP contribution in [0.5, 0.6) is 0 Å². The summed E-state index contributed by atoms with van der Waals surface area (Å²) in [5.74, 6) is 0. The van der Waals surface area contributed by atoms with E-state index >= 15 is 0 Å². The summed E-state index contributed by atoms with van der Waals surface area (Å²) < 4.78 is 23.6. The predicted octanol–water partition coefficient (Wildman–Crippen LogP) is -0.566. The van der Waals surface area contributed by atoms with Gasteiger partial charge in [-0.05, 0) is 0 Å². The summed E-state index contributed by atoms with van der Waals surface area (Å²) in [4.78, 5) is 7.26.